The van der Waals surface area contributed by atoms with Gasteiger partial charge in [-0.1, -0.05) is 395 Å². The van der Waals surface area contributed by atoms with Gasteiger partial charge in [-0.2, -0.15) is 0 Å². The van der Waals surface area contributed by atoms with Crippen molar-refractivity contribution in [1.29, 1.82) is 0 Å². The van der Waals surface area contributed by atoms with Crippen LogP contribution in [-0.2, 0) is 65.4 Å². The Labute approximate surface area is 632 Å². The molecule has 103 heavy (non-hydrogen) atoms. The summed E-state index contributed by atoms with van der Waals surface area (Å²) in [6, 6.07) is 0. The van der Waals surface area contributed by atoms with Gasteiger partial charge in [-0.3, -0.25) is 37.3 Å². The molecule has 0 saturated heterocycles. The number of phosphoric ester groups is 2. The Hall–Kier alpha value is -1.94. The lowest BCUT2D eigenvalue weighted by Crippen LogP contribution is -2.30. The molecule has 0 heterocycles. The Morgan fingerprint density at radius 2 is 0.495 bits per heavy atom. The minimum Gasteiger partial charge on any atom is -0.462 e. The van der Waals surface area contributed by atoms with Crippen LogP contribution in [0.5, 0.6) is 0 Å². The summed E-state index contributed by atoms with van der Waals surface area (Å²) in [7, 11) is -9.92. The lowest BCUT2D eigenvalue weighted by Gasteiger charge is -2.21. The fourth-order valence-corrected chi connectivity index (χ4v) is 14.6. The fourth-order valence-electron chi connectivity index (χ4n) is 13.0. The number of aliphatic hydroxyl groups excluding tert-OH is 1. The molecule has 0 saturated carbocycles. The number of esters is 4. The third-order valence-electron chi connectivity index (χ3n) is 20.1. The molecule has 6 atom stereocenters. The first kappa shape index (κ1) is 101. The molecule has 0 radical (unpaired) electrons. The highest BCUT2D eigenvalue weighted by Gasteiger charge is 2.30. The fraction of sp³-hybridized carbons (Fsp3) is 0.952. The van der Waals surface area contributed by atoms with Gasteiger partial charge in [0.15, 0.2) is 12.2 Å². The van der Waals surface area contributed by atoms with Crippen LogP contribution in [-0.4, -0.2) is 96.7 Å². The number of phosphoric acid groups is 2. The third-order valence-corrected chi connectivity index (χ3v) is 22.0. The summed E-state index contributed by atoms with van der Waals surface area (Å²) in [6.07, 6.45) is 66.6. The number of hydrogen-bond acceptors (Lipinski definition) is 15. The van der Waals surface area contributed by atoms with E-state index < -0.39 is 97.5 Å². The van der Waals surface area contributed by atoms with E-state index in [1.165, 1.54) is 263 Å². The van der Waals surface area contributed by atoms with Crippen LogP contribution in [0.1, 0.15) is 446 Å². The number of rotatable bonds is 83. The molecule has 0 aromatic heterocycles. The van der Waals surface area contributed by atoms with Gasteiger partial charge in [-0.25, -0.2) is 9.13 Å². The van der Waals surface area contributed by atoms with E-state index in [0.717, 1.165) is 102 Å². The Kier molecular flexibility index (Phi) is 74.1. The topological polar surface area (TPSA) is 237 Å². The average molecular weight is 1510 g/mol. The summed E-state index contributed by atoms with van der Waals surface area (Å²) in [5.41, 5.74) is 0. The van der Waals surface area contributed by atoms with Crippen LogP contribution >= 0.6 is 15.6 Å². The molecule has 612 valence electrons. The molecule has 0 aliphatic rings. The molecule has 0 spiro atoms. The summed E-state index contributed by atoms with van der Waals surface area (Å²) >= 11 is 0. The predicted octanol–water partition coefficient (Wildman–Crippen LogP) is 25.5. The van der Waals surface area contributed by atoms with Gasteiger partial charge >= 0.3 is 39.5 Å². The molecule has 0 aliphatic carbocycles. The predicted molar refractivity (Wildman–Crippen MR) is 423 cm³/mol. The largest absolute Gasteiger partial charge is 0.472 e. The number of aliphatic hydroxyl groups is 1. The number of carbonyl (C=O) groups excluding carboxylic acids is 4. The zero-order valence-corrected chi connectivity index (χ0v) is 69.4. The lowest BCUT2D eigenvalue weighted by atomic mass is 9.99. The Morgan fingerprint density at radius 3 is 0.738 bits per heavy atom. The molecular formula is C84H164O17P2. The SMILES string of the molecule is CCCCCCCCCCCCCCCCCCCCC(=O)OC[C@H](COP(=O)(O)OC[C@@H](O)COP(=O)(O)OC[C@@H](COC(=O)CCCCCCCCCCCC)OC(=O)CCCCCCCCCCCCC(C)C)OC(=O)CCCCCCCCCCCCCCCCCCCCC(C)CC. The second kappa shape index (κ2) is 75.5. The highest BCUT2D eigenvalue weighted by Crippen LogP contribution is 2.45. The molecule has 3 unspecified atom stereocenters. The molecule has 0 rings (SSSR count). The summed E-state index contributed by atoms with van der Waals surface area (Å²) in [5, 5.41) is 10.7. The van der Waals surface area contributed by atoms with Crippen molar-refractivity contribution >= 4 is 39.5 Å². The smallest absolute Gasteiger partial charge is 0.462 e. The standard InChI is InChI=1S/C84H164O17P2/c1-7-10-12-14-16-18-20-21-22-23-27-30-33-36-43-49-55-61-67-82(87)95-73-80(100-83(88)68-62-56-50-44-37-34-31-28-25-24-26-29-32-35-41-47-53-59-65-77(6)9-3)75-99-103(92,93)97-71-78(85)70-96-102(90,91)98-74-79(72-94-81(86)66-60-54-48-42-19-17-15-13-11-8-2)101-84(89)69-63-57-51-45-39-38-40-46-52-58-64-76(4)5/h76-80,85H,7-75H2,1-6H3,(H,90,91)(H,92,93)/t77?,78-,79+,80+/m0/s1. The molecule has 17 nitrogen and oxygen atoms in total. The Balaban J connectivity index is 5.21. The normalized spacial score (nSPS) is 14.1. The van der Waals surface area contributed by atoms with E-state index in [9.17, 15) is 43.2 Å². The van der Waals surface area contributed by atoms with Crippen molar-refractivity contribution < 1.29 is 80.2 Å². The van der Waals surface area contributed by atoms with Crippen molar-refractivity contribution in [1.82, 2.24) is 0 Å². The first-order valence-electron chi connectivity index (χ1n) is 43.5. The second-order valence-electron chi connectivity index (χ2n) is 30.9. The van der Waals surface area contributed by atoms with Crippen LogP contribution in [0.2, 0.25) is 0 Å². The summed E-state index contributed by atoms with van der Waals surface area (Å²) in [5.74, 6) is -0.482. The van der Waals surface area contributed by atoms with Gasteiger partial charge in [-0.05, 0) is 37.5 Å². The summed E-state index contributed by atoms with van der Waals surface area (Å²) in [4.78, 5) is 73.1. The number of carbonyl (C=O) groups is 4. The number of ether oxygens (including phenoxy) is 4. The monoisotopic (exact) mass is 1510 g/mol. The minimum atomic E-state index is -4.96. The zero-order valence-electron chi connectivity index (χ0n) is 67.6. The molecule has 3 N–H and O–H groups in total. The first-order valence-corrected chi connectivity index (χ1v) is 46.5. The lowest BCUT2D eigenvalue weighted by molar-refractivity contribution is -0.161. The van der Waals surface area contributed by atoms with E-state index in [0.29, 0.717) is 25.7 Å². The molecule has 0 amide bonds. The maximum atomic E-state index is 13.1. The van der Waals surface area contributed by atoms with Crippen molar-refractivity contribution in [2.75, 3.05) is 39.6 Å². The maximum Gasteiger partial charge on any atom is 0.472 e. The van der Waals surface area contributed by atoms with E-state index in [1.807, 2.05) is 0 Å². The minimum absolute atomic E-state index is 0.106. The van der Waals surface area contributed by atoms with Gasteiger partial charge in [0.1, 0.15) is 19.3 Å². The quantitative estimate of drug-likeness (QED) is 0.0222. The van der Waals surface area contributed by atoms with E-state index in [4.69, 9.17) is 37.0 Å². The third kappa shape index (κ3) is 76.6. The zero-order chi connectivity index (χ0) is 75.6. The van der Waals surface area contributed by atoms with E-state index in [-0.39, 0.29) is 25.7 Å². The van der Waals surface area contributed by atoms with Crippen molar-refractivity contribution in [3.05, 3.63) is 0 Å². The van der Waals surface area contributed by atoms with Gasteiger partial charge in [0.05, 0.1) is 26.4 Å². The van der Waals surface area contributed by atoms with E-state index in [2.05, 4.69) is 41.5 Å². The van der Waals surface area contributed by atoms with Crippen LogP contribution in [0, 0.1) is 11.8 Å². The molecule has 19 heteroatoms. The van der Waals surface area contributed by atoms with Crippen molar-refractivity contribution in [3.63, 3.8) is 0 Å². The molecule has 0 bridgehead atoms. The van der Waals surface area contributed by atoms with Gasteiger partial charge in [0, 0.05) is 25.7 Å². The maximum absolute atomic E-state index is 13.1. The molecule has 0 aromatic carbocycles. The van der Waals surface area contributed by atoms with Crippen molar-refractivity contribution in [2.45, 2.75) is 464 Å². The first-order chi connectivity index (χ1) is 49.9. The van der Waals surface area contributed by atoms with E-state index >= 15 is 0 Å². The Morgan fingerprint density at radius 1 is 0.282 bits per heavy atom. The number of hydrogen-bond donors (Lipinski definition) is 3. The van der Waals surface area contributed by atoms with Crippen molar-refractivity contribution in [2.24, 2.45) is 11.8 Å². The van der Waals surface area contributed by atoms with Crippen LogP contribution in [0.3, 0.4) is 0 Å². The van der Waals surface area contributed by atoms with Crippen LogP contribution in [0.25, 0.3) is 0 Å². The van der Waals surface area contributed by atoms with Crippen molar-refractivity contribution in [3.8, 4) is 0 Å². The van der Waals surface area contributed by atoms with Gasteiger partial charge in [-0.15, -0.1) is 0 Å². The summed E-state index contributed by atoms with van der Waals surface area (Å²) < 4.78 is 68.8. The van der Waals surface area contributed by atoms with E-state index in [1.54, 1.807) is 0 Å². The van der Waals surface area contributed by atoms with Crippen LogP contribution in [0.15, 0.2) is 0 Å². The Bertz CT molecular complexity index is 1980. The molecule has 0 aliphatic heterocycles. The molecule has 0 fully saturated rings. The van der Waals surface area contributed by atoms with Gasteiger partial charge in [0.25, 0.3) is 0 Å². The molecular weight excluding hydrogens is 1340 g/mol. The highest BCUT2D eigenvalue weighted by molar-refractivity contribution is 7.47. The van der Waals surface area contributed by atoms with Crippen LogP contribution in [0.4, 0.5) is 0 Å². The van der Waals surface area contributed by atoms with Gasteiger partial charge in [0.2, 0.25) is 0 Å². The average Bonchev–Trinajstić information content (AvgIpc) is 0.925. The second-order valence-corrected chi connectivity index (χ2v) is 33.8. The number of unbranched alkanes of at least 4 members (excludes halogenated alkanes) is 52. The van der Waals surface area contributed by atoms with Gasteiger partial charge < -0.3 is 33.8 Å². The summed E-state index contributed by atoms with van der Waals surface area (Å²) in [6.45, 7) is 9.70. The molecule has 0 aromatic rings. The van der Waals surface area contributed by atoms with Crippen LogP contribution < -0.4 is 0 Å². The highest BCUT2D eigenvalue weighted by atomic mass is 31.2.